The van der Waals surface area contributed by atoms with Crippen LogP contribution in [0.5, 0.6) is 0 Å². The van der Waals surface area contributed by atoms with Crippen LogP contribution < -0.4 is 5.32 Å². The minimum Gasteiger partial charge on any atom is -0.478 e. The van der Waals surface area contributed by atoms with Crippen LogP contribution in [0.1, 0.15) is 5.69 Å². The molecule has 0 aliphatic carbocycles. The van der Waals surface area contributed by atoms with Crippen molar-refractivity contribution in [1.29, 1.82) is 0 Å². The summed E-state index contributed by atoms with van der Waals surface area (Å²) in [5.74, 6) is -1.65. The first-order valence-electron chi connectivity index (χ1n) is 4.23. The second-order valence-electron chi connectivity index (χ2n) is 2.80. The van der Waals surface area contributed by atoms with E-state index in [1.807, 2.05) is 0 Å². The lowest BCUT2D eigenvalue weighted by Crippen LogP contribution is -2.10. The summed E-state index contributed by atoms with van der Waals surface area (Å²) in [5.41, 5.74) is 1.24. The third-order valence-corrected chi connectivity index (χ3v) is 1.64. The Kier molecular flexibility index (Phi) is 3.56. The zero-order valence-electron chi connectivity index (χ0n) is 8.10. The van der Waals surface area contributed by atoms with Gasteiger partial charge in [0.2, 0.25) is 5.91 Å². The predicted octanol–water partition coefficient (Wildman–Crippen LogP) is 0.969. The van der Waals surface area contributed by atoms with Gasteiger partial charge in [0, 0.05) is 18.3 Å². The van der Waals surface area contributed by atoms with Crippen molar-refractivity contribution in [3.63, 3.8) is 0 Å². The minimum absolute atomic E-state index is 0.492. The quantitative estimate of drug-likeness (QED) is 0.722. The number of nitrogens with zero attached hydrogens (tertiary/aromatic N) is 1. The van der Waals surface area contributed by atoms with Crippen LogP contribution >= 0.6 is 0 Å². The maximum absolute atomic E-state index is 11.2. The van der Waals surface area contributed by atoms with Gasteiger partial charge >= 0.3 is 5.97 Å². The normalized spacial score (nSPS) is 10.2. The molecule has 0 fully saturated rings. The largest absolute Gasteiger partial charge is 0.478 e. The van der Waals surface area contributed by atoms with E-state index in [0.717, 1.165) is 12.2 Å². The maximum Gasteiger partial charge on any atom is 0.328 e. The Bertz CT molecular complexity index is 413. The summed E-state index contributed by atoms with van der Waals surface area (Å²) in [6.45, 7) is 1.75. The topological polar surface area (TPSA) is 79.3 Å². The van der Waals surface area contributed by atoms with Gasteiger partial charge in [0.15, 0.2) is 0 Å². The summed E-state index contributed by atoms with van der Waals surface area (Å²) in [5, 5.41) is 10.8. The molecule has 0 radical (unpaired) electrons. The Hall–Kier alpha value is -2.17. The van der Waals surface area contributed by atoms with E-state index in [2.05, 4.69) is 10.3 Å². The molecule has 0 spiro atoms. The van der Waals surface area contributed by atoms with Crippen LogP contribution in [0.25, 0.3) is 0 Å². The molecule has 0 aliphatic heterocycles. The Labute approximate surface area is 86.5 Å². The predicted molar refractivity (Wildman–Crippen MR) is 54.4 cm³/mol. The monoisotopic (exact) mass is 206 g/mol. The molecule has 1 amide bonds. The van der Waals surface area contributed by atoms with Crippen molar-refractivity contribution in [2.24, 2.45) is 0 Å². The first-order valence-corrected chi connectivity index (χ1v) is 4.23. The molecule has 0 unspecified atom stereocenters. The van der Waals surface area contributed by atoms with Gasteiger partial charge in [-0.05, 0) is 19.1 Å². The van der Waals surface area contributed by atoms with Crippen LogP contribution in [0.4, 0.5) is 5.69 Å². The highest BCUT2D eigenvalue weighted by atomic mass is 16.4. The van der Waals surface area contributed by atoms with Crippen molar-refractivity contribution in [3.05, 3.63) is 36.2 Å². The van der Waals surface area contributed by atoms with E-state index in [9.17, 15) is 9.59 Å². The van der Waals surface area contributed by atoms with E-state index in [1.165, 1.54) is 0 Å². The fourth-order valence-electron chi connectivity index (χ4n) is 0.938. The number of carbonyl (C=O) groups is 2. The maximum atomic E-state index is 11.2. The molecule has 0 atom stereocenters. The van der Waals surface area contributed by atoms with E-state index < -0.39 is 11.9 Å². The van der Waals surface area contributed by atoms with Crippen molar-refractivity contribution >= 4 is 17.6 Å². The summed E-state index contributed by atoms with van der Waals surface area (Å²) in [6.07, 6.45) is 3.34. The van der Waals surface area contributed by atoms with Crippen LogP contribution in [-0.2, 0) is 9.59 Å². The van der Waals surface area contributed by atoms with Crippen LogP contribution in [0.15, 0.2) is 30.5 Å². The molecule has 0 aliphatic rings. The molecule has 15 heavy (non-hydrogen) atoms. The van der Waals surface area contributed by atoms with Gasteiger partial charge in [-0.2, -0.15) is 0 Å². The molecule has 0 saturated heterocycles. The number of carboxylic acid groups (broad SMARTS) is 1. The third-order valence-electron chi connectivity index (χ3n) is 1.64. The standard InChI is InChI=1S/C10H10N2O3/c1-7-8(3-2-6-11-7)12-9(13)4-5-10(14)15/h2-6H,1H3,(H,12,13)(H,14,15). The van der Waals surface area contributed by atoms with Crippen LogP contribution in [0.3, 0.4) is 0 Å². The van der Waals surface area contributed by atoms with Crippen molar-refractivity contribution in [2.45, 2.75) is 6.92 Å². The number of carbonyl (C=O) groups excluding carboxylic acids is 1. The molecule has 1 aromatic heterocycles. The number of hydrogen-bond donors (Lipinski definition) is 2. The Morgan fingerprint density at radius 3 is 2.80 bits per heavy atom. The highest BCUT2D eigenvalue weighted by Crippen LogP contribution is 2.09. The van der Waals surface area contributed by atoms with Crippen LogP contribution in [-0.4, -0.2) is 22.0 Å². The average molecular weight is 206 g/mol. The number of pyridine rings is 1. The fourth-order valence-corrected chi connectivity index (χ4v) is 0.938. The molecule has 5 heteroatoms. The van der Waals surface area contributed by atoms with Gasteiger partial charge in [0.05, 0.1) is 11.4 Å². The molecular weight excluding hydrogens is 196 g/mol. The Balaban J connectivity index is 2.67. The van der Waals surface area contributed by atoms with E-state index >= 15 is 0 Å². The number of aliphatic carboxylic acids is 1. The molecule has 5 nitrogen and oxygen atoms in total. The third kappa shape index (κ3) is 3.60. The lowest BCUT2D eigenvalue weighted by Gasteiger charge is -2.03. The first-order chi connectivity index (χ1) is 7.09. The molecule has 0 saturated carbocycles. The fraction of sp³-hybridized carbons (Fsp3) is 0.100. The number of rotatable bonds is 3. The van der Waals surface area contributed by atoms with E-state index in [0.29, 0.717) is 11.4 Å². The lowest BCUT2D eigenvalue weighted by atomic mass is 10.3. The molecule has 2 N–H and O–H groups in total. The highest BCUT2D eigenvalue weighted by Gasteiger charge is 2.01. The van der Waals surface area contributed by atoms with Crippen molar-refractivity contribution in [2.75, 3.05) is 5.32 Å². The lowest BCUT2D eigenvalue weighted by molar-refractivity contribution is -0.131. The van der Waals surface area contributed by atoms with Crippen LogP contribution in [0.2, 0.25) is 0 Å². The highest BCUT2D eigenvalue weighted by molar-refractivity contribution is 6.02. The van der Waals surface area contributed by atoms with Gasteiger partial charge in [0.25, 0.3) is 0 Å². The Morgan fingerprint density at radius 2 is 2.20 bits per heavy atom. The molecule has 78 valence electrons. The van der Waals surface area contributed by atoms with Gasteiger partial charge in [-0.3, -0.25) is 9.78 Å². The summed E-state index contributed by atoms with van der Waals surface area (Å²) in [7, 11) is 0. The number of anilines is 1. The van der Waals surface area contributed by atoms with E-state index in [4.69, 9.17) is 5.11 Å². The zero-order valence-corrected chi connectivity index (χ0v) is 8.10. The summed E-state index contributed by atoms with van der Waals surface area (Å²) in [4.78, 5) is 25.3. The Morgan fingerprint density at radius 1 is 1.47 bits per heavy atom. The van der Waals surface area contributed by atoms with Gasteiger partial charge in [0.1, 0.15) is 0 Å². The van der Waals surface area contributed by atoms with E-state index in [1.54, 1.807) is 25.3 Å². The molecule has 0 aromatic carbocycles. The average Bonchev–Trinajstić information content (AvgIpc) is 2.18. The molecular formula is C10H10N2O3. The second-order valence-corrected chi connectivity index (χ2v) is 2.80. The second kappa shape index (κ2) is 4.90. The minimum atomic E-state index is -1.16. The van der Waals surface area contributed by atoms with Gasteiger partial charge in [-0.1, -0.05) is 0 Å². The number of nitrogens with one attached hydrogen (secondary N) is 1. The van der Waals surface area contributed by atoms with Gasteiger partial charge < -0.3 is 10.4 Å². The number of aryl methyl sites for hydroxylation is 1. The van der Waals surface area contributed by atoms with Crippen molar-refractivity contribution in [1.82, 2.24) is 4.98 Å². The molecule has 1 heterocycles. The molecule has 1 aromatic rings. The van der Waals surface area contributed by atoms with E-state index in [-0.39, 0.29) is 0 Å². The smallest absolute Gasteiger partial charge is 0.328 e. The number of carboxylic acids is 1. The van der Waals surface area contributed by atoms with Gasteiger partial charge in [-0.15, -0.1) is 0 Å². The molecule has 1 rings (SSSR count). The summed E-state index contributed by atoms with van der Waals surface area (Å²) >= 11 is 0. The number of amides is 1. The molecule has 0 bridgehead atoms. The summed E-state index contributed by atoms with van der Waals surface area (Å²) < 4.78 is 0. The number of aromatic nitrogens is 1. The zero-order chi connectivity index (χ0) is 11.3. The number of hydrogen-bond acceptors (Lipinski definition) is 3. The SMILES string of the molecule is Cc1ncccc1NC(=O)C=CC(=O)O. The van der Waals surface area contributed by atoms with Crippen molar-refractivity contribution in [3.8, 4) is 0 Å². The first kappa shape index (κ1) is 10.9. The van der Waals surface area contributed by atoms with Crippen molar-refractivity contribution < 1.29 is 14.7 Å². The van der Waals surface area contributed by atoms with Gasteiger partial charge in [-0.25, -0.2) is 4.79 Å². The van der Waals surface area contributed by atoms with Crippen LogP contribution in [0, 0.1) is 6.92 Å². The summed E-state index contributed by atoms with van der Waals surface area (Å²) in [6, 6.07) is 3.37.